The van der Waals surface area contributed by atoms with Crippen molar-refractivity contribution in [2.24, 2.45) is 0 Å². The Balaban J connectivity index is 2.09. The Labute approximate surface area is 147 Å². The van der Waals surface area contributed by atoms with Gasteiger partial charge in [0.1, 0.15) is 5.58 Å². The molecular formula is C19H25NO5. The Kier molecular flexibility index (Phi) is 7.01. The number of nitrogens with one attached hydrogen (secondary N) is 1. The van der Waals surface area contributed by atoms with Gasteiger partial charge in [-0.25, -0.2) is 4.79 Å². The number of furan rings is 1. The van der Waals surface area contributed by atoms with Crippen molar-refractivity contribution in [3.05, 3.63) is 35.6 Å². The van der Waals surface area contributed by atoms with Gasteiger partial charge in [-0.05, 0) is 25.8 Å². The Bertz CT molecular complexity index is 718. The number of ether oxygens (including phenoxy) is 2. The average Bonchev–Trinajstić information content (AvgIpc) is 3.01. The SMILES string of the molecule is CCOCc1c(C(=O)OCC(=O)NC(CC)CC)oc2ccccc12. The Morgan fingerprint density at radius 2 is 1.88 bits per heavy atom. The standard InChI is InChI=1S/C19H25NO5/c1-4-13(5-2)20-17(21)12-24-19(22)18-15(11-23-6-3)14-9-7-8-10-16(14)25-18/h7-10,13H,4-6,11-12H2,1-3H3,(H,20,21). The topological polar surface area (TPSA) is 77.8 Å². The molecule has 1 amide bonds. The zero-order valence-electron chi connectivity index (χ0n) is 15.0. The number of benzene rings is 1. The smallest absolute Gasteiger partial charge is 0.375 e. The highest BCUT2D eigenvalue weighted by Crippen LogP contribution is 2.27. The van der Waals surface area contributed by atoms with E-state index in [1.807, 2.05) is 39.0 Å². The number of hydrogen-bond acceptors (Lipinski definition) is 5. The lowest BCUT2D eigenvalue weighted by Crippen LogP contribution is -2.36. The number of amides is 1. The lowest BCUT2D eigenvalue weighted by atomic mass is 10.1. The molecule has 0 aliphatic rings. The summed E-state index contributed by atoms with van der Waals surface area (Å²) in [5.41, 5.74) is 1.23. The van der Waals surface area contributed by atoms with Gasteiger partial charge in [-0.15, -0.1) is 0 Å². The average molecular weight is 347 g/mol. The van der Waals surface area contributed by atoms with Gasteiger partial charge in [0.15, 0.2) is 6.61 Å². The first-order chi connectivity index (χ1) is 12.1. The molecule has 1 N–H and O–H groups in total. The van der Waals surface area contributed by atoms with E-state index in [1.165, 1.54) is 0 Å². The third-order valence-corrected chi connectivity index (χ3v) is 4.02. The van der Waals surface area contributed by atoms with E-state index in [0.717, 1.165) is 18.2 Å². The molecule has 0 atom stereocenters. The van der Waals surface area contributed by atoms with Gasteiger partial charge in [0, 0.05) is 23.6 Å². The Hall–Kier alpha value is -2.34. The summed E-state index contributed by atoms with van der Waals surface area (Å²) < 4.78 is 16.2. The van der Waals surface area contributed by atoms with Crippen molar-refractivity contribution in [2.75, 3.05) is 13.2 Å². The zero-order chi connectivity index (χ0) is 18.2. The first-order valence-electron chi connectivity index (χ1n) is 8.65. The number of carbonyl (C=O) groups excluding carboxylic acids is 2. The number of carbonyl (C=O) groups is 2. The molecule has 6 nitrogen and oxygen atoms in total. The Morgan fingerprint density at radius 1 is 1.16 bits per heavy atom. The fourth-order valence-corrected chi connectivity index (χ4v) is 2.57. The van der Waals surface area contributed by atoms with E-state index < -0.39 is 5.97 Å². The molecule has 1 aromatic heterocycles. The molecular weight excluding hydrogens is 322 g/mol. The summed E-state index contributed by atoms with van der Waals surface area (Å²) in [6.07, 6.45) is 1.66. The number of hydrogen-bond donors (Lipinski definition) is 1. The normalized spacial score (nSPS) is 11.0. The maximum Gasteiger partial charge on any atom is 0.375 e. The summed E-state index contributed by atoms with van der Waals surface area (Å²) in [4.78, 5) is 24.3. The minimum Gasteiger partial charge on any atom is -0.450 e. The van der Waals surface area contributed by atoms with Crippen LogP contribution >= 0.6 is 0 Å². The molecule has 0 fully saturated rings. The molecule has 1 heterocycles. The maximum absolute atomic E-state index is 12.4. The lowest BCUT2D eigenvalue weighted by molar-refractivity contribution is -0.125. The molecule has 0 saturated heterocycles. The first-order valence-corrected chi connectivity index (χ1v) is 8.65. The molecule has 2 rings (SSSR count). The summed E-state index contributed by atoms with van der Waals surface area (Å²) >= 11 is 0. The fourth-order valence-electron chi connectivity index (χ4n) is 2.57. The van der Waals surface area contributed by atoms with Crippen molar-refractivity contribution in [1.82, 2.24) is 5.32 Å². The van der Waals surface area contributed by atoms with Gasteiger partial charge in [0.2, 0.25) is 5.76 Å². The van der Waals surface area contributed by atoms with Crippen molar-refractivity contribution < 1.29 is 23.5 Å². The van der Waals surface area contributed by atoms with Gasteiger partial charge in [-0.1, -0.05) is 32.0 Å². The molecule has 1 aromatic carbocycles. The van der Waals surface area contributed by atoms with E-state index in [4.69, 9.17) is 13.9 Å². The van der Waals surface area contributed by atoms with Gasteiger partial charge in [-0.2, -0.15) is 0 Å². The minimum atomic E-state index is -0.661. The molecule has 0 spiro atoms. The third-order valence-electron chi connectivity index (χ3n) is 4.02. The van der Waals surface area contributed by atoms with Crippen molar-refractivity contribution in [3.63, 3.8) is 0 Å². The largest absolute Gasteiger partial charge is 0.450 e. The number of esters is 1. The van der Waals surface area contributed by atoms with Crippen LogP contribution in [0.1, 0.15) is 49.7 Å². The van der Waals surface area contributed by atoms with Crippen molar-refractivity contribution in [3.8, 4) is 0 Å². The molecule has 0 unspecified atom stereocenters. The Morgan fingerprint density at radius 3 is 2.56 bits per heavy atom. The maximum atomic E-state index is 12.4. The van der Waals surface area contributed by atoms with Crippen LogP contribution in [0.2, 0.25) is 0 Å². The zero-order valence-corrected chi connectivity index (χ0v) is 15.0. The van der Waals surface area contributed by atoms with Crippen LogP contribution < -0.4 is 5.32 Å². The van der Waals surface area contributed by atoms with E-state index in [9.17, 15) is 9.59 Å². The summed E-state index contributed by atoms with van der Waals surface area (Å²) in [5, 5.41) is 3.64. The number of para-hydroxylation sites is 1. The van der Waals surface area contributed by atoms with Gasteiger partial charge >= 0.3 is 5.97 Å². The summed E-state index contributed by atoms with van der Waals surface area (Å²) in [6, 6.07) is 7.43. The molecule has 0 radical (unpaired) electrons. The van der Waals surface area contributed by atoms with Crippen molar-refractivity contribution >= 4 is 22.8 Å². The number of rotatable bonds is 9. The van der Waals surface area contributed by atoms with Crippen LogP contribution in [0.15, 0.2) is 28.7 Å². The predicted octanol–water partition coefficient (Wildman–Crippen LogP) is 3.43. The summed E-state index contributed by atoms with van der Waals surface area (Å²) in [7, 11) is 0. The second-order valence-electron chi connectivity index (χ2n) is 5.70. The van der Waals surface area contributed by atoms with Crippen LogP contribution in [-0.2, 0) is 20.9 Å². The van der Waals surface area contributed by atoms with Crippen LogP contribution in [0.25, 0.3) is 11.0 Å². The van der Waals surface area contributed by atoms with E-state index >= 15 is 0 Å². The second-order valence-corrected chi connectivity index (χ2v) is 5.70. The van der Waals surface area contributed by atoms with E-state index in [2.05, 4.69) is 5.32 Å². The van der Waals surface area contributed by atoms with E-state index in [0.29, 0.717) is 17.8 Å². The molecule has 25 heavy (non-hydrogen) atoms. The van der Waals surface area contributed by atoms with Crippen LogP contribution in [0.3, 0.4) is 0 Å². The molecule has 0 aliphatic heterocycles. The monoisotopic (exact) mass is 347 g/mol. The highest BCUT2D eigenvalue weighted by atomic mass is 16.5. The van der Waals surface area contributed by atoms with Crippen LogP contribution in [0.4, 0.5) is 0 Å². The highest BCUT2D eigenvalue weighted by Gasteiger charge is 2.22. The fraction of sp³-hybridized carbons (Fsp3) is 0.474. The van der Waals surface area contributed by atoms with E-state index in [1.54, 1.807) is 6.07 Å². The molecule has 136 valence electrons. The van der Waals surface area contributed by atoms with Crippen LogP contribution in [-0.4, -0.2) is 31.1 Å². The van der Waals surface area contributed by atoms with Gasteiger partial charge in [-0.3, -0.25) is 4.79 Å². The van der Waals surface area contributed by atoms with Crippen LogP contribution in [0.5, 0.6) is 0 Å². The van der Waals surface area contributed by atoms with Crippen molar-refractivity contribution in [1.29, 1.82) is 0 Å². The summed E-state index contributed by atoms with van der Waals surface area (Å²) in [5.74, 6) is -0.889. The lowest BCUT2D eigenvalue weighted by Gasteiger charge is -2.14. The molecule has 0 saturated carbocycles. The summed E-state index contributed by atoms with van der Waals surface area (Å²) in [6.45, 7) is 6.30. The first kappa shape index (κ1) is 19.0. The highest BCUT2D eigenvalue weighted by molar-refractivity contribution is 5.96. The number of fused-ring (bicyclic) bond motifs is 1. The molecule has 0 aliphatic carbocycles. The van der Waals surface area contributed by atoms with Gasteiger partial charge < -0.3 is 19.2 Å². The van der Waals surface area contributed by atoms with Gasteiger partial charge in [0.25, 0.3) is 5.91 Å². The van der Waals surface area contributed by atoms with Gasteiger partial charge in [0.05, 0.1) is 6.61 Å². The molecule has 6 heteroatoms. The predicted molar refractivity (Wildman–Crippen MR) is 94.3 cm³/mol. The quantitative estimate of drug-likeness (QED) is 0.703. The molecule has 2 aromatic rings. The second kappa shape index (κ2) is 9.22. The van der Waals surface area contributed by atoms with Crippen molar-refractivity contribution in [2.45, 2.75) is 46.3 Å². The van der Waals surface area contributed by atoms with E-state index in [-0.39, 0.29) is 30.9 Å². The minimum absolute atomic E-state index is 0.0879. The van der Waals surface area contributed by atoms with Crippen LogP contribution in [0, 0.1) is 0 Å². The third kappa shape index (κ3) is 4.82. The molecule has 0 bridgehead atoms.